The summed E-state index contributed by atoms with van der Waals surface area (Å²) in [7, 11) is 0. The number of amides is 1. The zero-order valence-corrected chi connectivity index (χ0v) is 12.4. The fourth-order valence-corrected chi connectivity index (χ4v) is 1.51. The van der Waals surface area contributed by atoms with Crippen LogP contribution in [-0.2, 0) is 0 Å². The minimum Gasteiger partial charge on any atom is -0.368 e. The molecule has 5 heteroatoms. The summed E-state index contributed by atoms with van der Waals surface area (Å²) in [5.74, 6) is 1.16. The zero-order chi connectivity index (χ0) is 14.4. The molecule has 2 N–H and O–H groups in total. The van der Waals surface area contributed by atoms with Crippen LogP contribution in [-0.4, -0.2) is 28.0 Å². The number of anilines is 1. The number of nitrogens with one attached hydrogen (secondary N) is 2. The first kappa shape index (κ1) is 15.4. The lowest BCUT2D eigenvalue weighted by Crippen LogP contribution is -2.32. The number of hydrogen-bond donors (Lipinski definition) is 2. The molecule has 1 aromatic heterocycles. The van der Waals surface area contributed by atoms with Crippen LogP contribution in [0.25, 0.3) is 0 Å². The quantitative estimate of drug-likeness (QED) is 0.828. The smallest absolute Gasteiger partial charge is 0.270 e. The van der Waals surface area contributed by atoms with Crippen LogP contribution in [0.15, 0.2) is 6.07 Å². The number of aromatic nitrogens is 2. The summed E-state index contributed by atoms with van der Waals surface area (Å²) in [6.07, 6.45) is 1.89. The highest BCUT2D eigenvalue weighted by atomic mass is 16.1. The maximum atomic E-state index is 12.0. The second kappa shape index (κ2) is 7.07. The molecule has 0 fully saturated rings. The molecule has 0 saturated heterocycles. The molecule has 2 unspecified atom stereocenters. The molecule has 2 atom stereocenters. The Labute approximate surface area is 115 Å². The van der Waals surface area contributed by atoms with Crippen molar-refractivity contribution in [2.24, 2.45) is 0 Å². The number of rotatable bonds is 6. The summed E-state index contributed by atoms with van der Waals surface area (Å²) in [5, 5.41) is 6.17. The van der Waals surface area contributed by atoms with Crippen LogP contribution in [0, 0.1) is 6.92 Å². The number of nitrogens with zero attached hydrogens (tertiary/aromatic N) is 2. The van der Waals surface area contributed by atoms with Crippen molar-refractivity contribution in [2.75, 3.05) is 5.32 Å². The maximum absolute atomic E-state index is 12.0. The average molecular weight is 264 g/mol. The van der Waals surface area contributed by atoms with E-state index in [2.05, 4.69) is 34.4 Å². The SMILES string of the molecule is CCC(C)NC(=O)c1cc(NC(C)CC)nc(C)n1. The molecule has 0 bridgehead atoms. The Bertz CT molecular complexity index is 433. The molecule has 19 heavy (non-hydrogen) atoms. The van der Waals surface area contributed by atoms with Crippen LogP contribution in [0.5, 0.6) is 0 Å². The second-order valence-corrected chi connectivity index (χ2v) is 4.92. The van der Waals surface area contributed by atoms with Crippen LogP contribution in [0.1, 0.15) is 56.8 Å². The van der Waals surface area contributed by atoms with Gasteiger partial charge in [-0.2, -0.15) is 0 Å². The van der Waals surface area contributed by atoms with Gasteiger partial charge in [-0.15, -0.1) is 0 Å². The van der Waals surface area contributed by atoms with Gasteiger partial charge >= 0.3 is 0 Å². The second-order valence-electron chi connectivity index (χ2n) is 4.92. The van der Waals surface area contributed by atoms with Crippen molar-refractivity contribution in [3.8, 4) is 0 Å². The minimum absolute atomic E-state index is 0.146. The largest absolute Gasteiger partial charge is 0.368 e. The highest BCUT2D eigenvalue weighted by Crippen LogP contribution is 2.09. The molecule has 1 amide bonds. The molecule has 0 aliphatic heterocycles. The normalized spacial score (nSPS) is 13.7. The average Bonchev–Trinajstić information content (AvgIpc) is 2.37. The molecule has 0 spiro atoms. The van der Waals surface area contributed by atoms with Crippen molar-refractivity contribution < 1.29 is 4.79 Å². The lowest BCUT2D eigenvalue weighted by molar-refractivity contribution is 0.0934. The van der Waals surface area contributed by atoms with Crippen molar-refractivity contribution in [3.05, 3.63) is 17.6 Å². The van der Waals surface area contributed by atoms with Crippen LogP contribution < -0.4 is 10.6 Å². The van der Waals surface area contributed by atoms with E-state index in [1.165, 1.54) is 0 Å². The van der Waals surface area contributed by atoms with E-state index in [0.29, 0.717) is 23.4 Å². The Kier molecular flexibility index (Phi) is 5.73. The van der Waals surface area contributed by atoms with Crippen molar-refractivity contribution in [1.29, 1.82) is 0 Å². The van der Waals surface area contributed by atoms with E-state index in [-0.39, 0.29) is 11.9 Å². The molecule has 1 rings (SSSR count). The summed E-state index contributed by atoms with van der Waals surface area (Å²) in [5.41, 5.74) is 0.415. The van der Waals surface area contributed by atoms with Gasteiger partial charge in [0.05, 0.1) is 0 Å². The minimum atomic E-state index is -0.146. The Hall–Kier alpha value is -1.65. The topological polar surface area (TPSA) is 66.9 Å². The van der Waals surface area contributed by atoms with Crippen molar-refractivity contribution >= 4 is 11.7 Å². The van der Waals surface area contributed by atoms with Crippen LogP contribution in [0.4, 0.5) is 5.82 Å². The van der Waals surface area contributed by atoms with Crippen LogP contribution in [0.3, 0.4) is 0 Å². The number of carbonyl (C=O) groups excluding carboxylic acids is 1. The first-order chi connectivity index (χ1) is 8.96. The van der Waals surface area contributed by atoms with Gasteiger partial charge < -0.3 is 10.6 Å². The number of aryl methyl sites for hydroxylation is 1. The summed E-state index contributed by atoms with van der Waals surface area (Å²) < 4.78 is 0. The third-order valence-electron chi connectivity index (χ3n) is 3.07. The van der Waals surface area contributed by atoms with Gasteiger partial charge in [-0.3, -0.25) is 4.79 Å². The predicted molar refractivity (Wildman–Crippen MR) is 77.4 cm³/mol. The first-order valence-electron chi connectivity index (χ1n) is 6.89. The molecule has 0 radical (unpaired) electrons. The van der Waals surface area contributed by atoms with E-state index < -0.39 is 0 Å². The van der Waals surface area contributed by atoms with E-state index in [4.69, 9.17) is 0 Å². The highest BCUT2D eigenvalue weighted by molar-refractivity contribution is 5.93. The van der Waals surface area contributed by atoms with Gasteiger partial charge in [0.2, 0.25) is 0 Å². The molecule has 1 heterocycles. The van der Waals surface area contributed by atoms with Crippen LogP contribution >= 0.6 is 0 Å². The Morgan fingerprint density at radius 1 is 1.21 bits per heavy atom. The van der Waals surface area contributed by atoms with E-state index >= 15 is 0 Å². The molecule has 0 aliphatic rings. The van der Waals surface area contributed by atoms with Gasteiger partial charge in [0, 0.05) is 18.2 Å². The Morgan fingerprint density at radius 3 is 2.42 bits per heavy atom. The molecule has 5 nitrogen and oxygen atoms in total. The van der Waals surface area contributed by atoms with Crippen molar-refractivity contribution in [3.63, 3.8) is 0 Å². The molecule has 1 aromatic rings. The van der Waals surface area contributed by atoms with E-state index in [1.54, 1.807) is 13.0 Å². The lowest BCUT2D eigenvalue weighted by atomic mass is 10.2. The fraction of sp³-hybridized carbons (Fsp3) is 0.643. The van der Waals surface area contributed by atoms with Crippen LogP contribution in [0.2, 0.25) is 0 Å². The standard InChI is InChI=1S/C14H24N4O/c1-6-9(3)15-13-8-12(17-11(5)18-13)14(19)16-10(4)7-2/h8-10H,6-7H2,1-5H3,(H,16,19)(H,15,17,18). The molecule has 0 aromatic carbocycles. The Balaban J connectivity index is 2.86. The van der Waals surface area contributed by atoms with Gasteiger partial charge in [-0.25, -0.2) is 9.97 Å². The van der Waals surface area contributed by atoms with E-state index in [9.17, 15) is 4.79 Å². The Morgan fingerprint density at radius 2 is 1.84 bits per heavy atom. The third kappa shape index (κ3) is 4.85. The van der Waals surface area contributed by atoms with Gasteiger partial charge in [0.1, 0.15) is 17.3 Å². The number of hydrogen-bond acceptors (Lipinski definition) is 4. The van der Waals surface area contributed by atoms with Gasteiger partial charge in [0.25, 0.3) is 5.91 Å². The third-order valence-corrected chi connectivity index (χ3v) is 3.07. The molecular weight excluding hydrogens is 240 g/mol. The van der Waals surface area contributed by atoms with Crippen molar-refractivity contribution in [1.82, 2.24) is 15.3 Å². The van der Waals surface area contributed by atoms with E-state index in [1.807, 2.05) is 13.8 Å². The van der Waals surface area contributed by atoms with Gasteiger partial charge in [-0.05, 0) is 33.6 Å². The predicted octanol–water partition coefficient (Wildman–Crippen LogP) is 2.52. The summed E-state index contributed by atoms with van der Waals surface area (Å²) in [4.78, 5) is 20.5. The fourth-order valence-electron chi connectivity index (χ4n) is 1.51. The first-order valence-corrected chi connectivity index (χ1v) is 6.89. The summed E-state index contributed by atoms with van der Waals surface area (Å²) >= 11 is 0. The molecular formula is C14H24N4O. The summed E-state index contributed by atoms with van der Waals surface area (Å²) in [6, 6.07) is 2.17. The summed E-state index contributed by atoms with van der Waals surface area (Å²) in [6.45, 7) is 9.98. The highest BCUT2D eigenvalue weighted by Gasteiger charge is 2.13. The van der Waals surface area contributed by atoms with Gasteiger partial charge in [0.15, 0.2) is 0 Å². The molecule has 0 aliphatic carbocycles. The number of carbonyl (C=O) groups is 1. The monoisotopic (exact) mass is 264 g/mol. The lowest BCUT2D eigenvalue weighted by Gasteiger charge is -2.14. The maximum Gasteiger partial charge on any atom is 0.270 e. The van der Waals surface area contributed by atoms with E-state index in [0.717, 1.165) is 12.8 Å². The van der Waals surface area contributed by atoms with Gasteiger partial charge in [-0.1, -0.05) is 13.8 Å². The van der Waals surface area contributed by atoms with Crippen molar-refractivity contribution in [2.45, 2.75) is 59.5 Å². The zero-order valence-electron chi connectivity index (χ0n) is 12.4. The molecule has 0 saturated carbocycles. The molecule has 106 valence electrons.